The molecule has 6 nitrogen and oxygen atoms in total. The third-order valence-electron chi connectivity index (χ3n) is 5.16. The molecule has 1 amide bonds. The van der Waals surface area contributed by atoms with E-state index in [4.69, 9.17) is 4.52 Å². The second-order valence-electron chi connectivity index (χ2n) is 7.41. The van der Waals surface area contributed by atoms with Gasteiger partial charge in [0.2, 0.25) is 5.91 Å². The van der Waals surface area contributed by atoms with Crippen molar-refractivity contribution in [1.82, 2.24) is 20.3 Å². The lowest BCUT2D eigenvalue weighted by atomic mass is 10.1. The molecule has 4 rings (SSSR count). The first-order valence-corrected chi connectivity index (χ1v) is 10.8. The lowest BCUT2D eigenvalue weighted by Gasteiger charge is -2.34. The molecule has 1 atom stereocenters. The van der Waals surface area contributed by atoms with Crippen molar-refractivity contribution >= 4 is 17.2 Å². The number of aryl methyl sites for hydroxylation is 1. The van der Waals surface area contributed by atoms with E-state index in [1.54, 1.807) is 11.3 Å². The first-order valence-electron chi connectivity index (χ1n) is 9.92. The Bertz CT molecular complexity index is 902. The van der Waals surface area contributed by atoms with Crippen LogP contribution in [0.1, 0.15) is 27.9 Å². The molecule has 1 aliphatic rings. The molecular formula is C22H26N4O2S. The summed E-state index contributed by atoms with van der Waals surface area (Å²) in [4.78, 5) is 18.5. The number of amides is 1. The number of hydrogen-bond donors (Lipinski definition) is 1. The smallest absolute Gasteiger partial charge is 0.234 e. The molecule has 7 heteroatoms. The maximum absolute atomic E-state index is 12.8. The Balaban J connectivity index is 1.30. The van der Waals surface area contributed by atoms with Gasteiger partial charge in [-0.3, -0.25) is 14.6 Å². The predicted octanol–water partition coefficient (Wildman–Crippen LogP) is 3.07. The van der Waals surface area contributed by atoms with Gasteiger partial charge in [0.15, 0.2) is 0 Å². The minimum atomic E-state index is -0.0969. The standard InChI is InChI=1S/C22H26N4O2S/c1-17-14-19(24-28-17)15-25-9-11-26(12-10-25)16-21(27)23-22(20-8-5-13-29-20)18-6-3-2-4-7-18/h2-8,13-14,22H,9-12,15-16H2,1H3,(H,23,27)/t22-/m1/s1. The van der Waals surface area contributed by atoms with Crippen molar-refractivity contribution < 1.29 is 9.32 Å². The van der Waals surface area contributed by atoms with E-state index in [9.17, 15) is 4.79 Å². The Morgan fingerprint density at radius 1 is 1.14 bits per heavy atom. The van der Waals surface area contributed by atoms with Crippen LogP contribution >= 0.6 is 11.3 Å². The zero-order valence-corrected chi connectivity index (χ0v) is 17.4. The monoisotopic (exact) mass is 410 g/mol. The average Bonchev–Trinajstić information content (AvgIpc) is 3.40. The minimum Gasteiger partial charge on any atom is -0.361 e. The van der Waals surface area contributed by atoms with Crippen LogP contribution in [0, 0.1) is 6.92 Å². The van der Waals surface area contributed by atoms with Crippen molar-refractivity contribution in [2.45, 2.75) is 19.5 Å². The summed E-state index contributed by atoms with van der Waals surface area (Å²) in [7, 11) is 0. The number of rotatable bonds is 7. The largest absolute Gasteiger partial charge is 0.361 e. The van der Waals surface area contributed by atoms with Crippen molar-refractivity contribution in [3.05, 3.63) is 75.8 Å². The van der Waals surface area contributed by atoms with Gasteiger partial charge in [-0.25, -0.2) is 0 Å². The van der Waals surface area contributed by atoms with E-state index in [0.717, 1.165) is 54.6 Å². The number of thiophene rings is 1. The van der Waals surface area contributed by atoms with Crippen molar-refractivity contribution in [2.75, 3.05) is 32.7 Å². The Labute approximate surface area is 175 Å². The van der Waals surface area contributed by atoms with E-state index < -0.39 is 0 Å². The molecule has 0 unspecified atom stereocenters. The number of nitrogens with zero attached hydrogens (tertiary/aromatic N) is 3. The molecule has 0 aliphatic carbocycles. The fourth-order valence-electron chi connectivity index (χ4n) is 3.66. The molecule has 0 spiro atoms. The normalized spacial score (nSPS) is 16.6. The van der Waals surface area contributed by atoms with Gasteiger partial charge >= 0.3 is 0 Å². The Morgan fingerprint density at radius 2 is 1.90 bits per heavy atom. The molecule has 0 bridgehead atoms. The van der Waals surface area contributed by atoms with Crippen LogP contribution in [-0.4, -0.2) is 53.6 Å². The topological polar surface area (TPSA) is 61.6 Å². The molecule has 3 aromatic rings. The van der Waals surface area contributed by atoms with Crippen LogP contribution in [0.15, 0.2) is 58.4 Å². The Kier molecular flexibility index (Phi) is 6.39. The number of carbonyl (C=O) groups excluding carboxylic acids is 1. The van der Waals surface area contributed by atoms with Crippen LogP contribution in [0.4, 0.5) is 0 Å². The van der Waals surface area contributed by atoms with Crippen LogP contribution in [0.2, 0.25) is 0 Å². The van der Waals surface area contributed by atoms with E-state index >= 15 is 0 Å². The number of carbonyl (C=O) groups is 1. The third-order valence-corrected chi connectivity index (χ3v) is 6.10. The molecule has 1 N–H and O–H groups in total. The van der Waals surface area contributed by atoms with Gasteiger partial charge in [-0.15, -0.1) is 11.3 Å². The molecule has 152 valence electrons. The van der Waals surface area contributed by atoms with Gasteiger partial charge in [0.25, 0.3) is 0 Å². The summed E-state index contributed by atoms with van der Waals surface area (Å²) in [6, 6.07) is 16.1. The molecule has 29 heavy (non-hydrogen) atoms. The van der Waals surface area contributed by atoms with Crippen LogP contribution in [0.3, 0.4) is 0 Å². The van der Waals surface area contributed by atoms with Crippen LogP contribution < -0.4 is 5.32 Å². The van der Waals surface area contributed by atoms with Gasteiger partial charge in [-0.2, -0.15) is 0 Å². The maximum atomic E-state index is 12.8. The van der Waals surface area contributed by atoms with Gasteiger partial charge in [0, 0.05) is 43.7 Å². The second-order valence-corrected chi connectivity index (χ2v) is 8.39. The van der Waals surface area contributed by atoms with Gasteiger partial charge in [0.05, 0.1) is 18.3 Å². The number of piperazine rings is 1. The summed E-state index contributed by atoms with van der Waals surface area (Å²) < 4.78 is 5.14. The number of aromatic nitrogens is 1. The van der Waals surface area contributed by atoms with Gasteiger partial charge in [0.1, 0.15) is 5.76 Å². The zero-order chi connectivity index (χ0) is 20.1. The van der Waals surface area contributed by atoms with Crippen molar-refractivity contribution in [2.24, 2.45) is 0 Å². The number of benzene rings is 1. The molecule has 3 heterocycles. The van der Waals surface area contributed by atoms with Gasteiger partial charge in [-0.1, -0.05) is 41.6 Å². The van der Waals surface area contributed by atoms with E-state index in [1.165, 1.54) is 0 Å². The van der Waals surface area contributed by atoms with E-state index in [-0.39, 0.29) is 11.9 Å². The highest BCUT2D eigenvalue weighted by atomic mass is 32.1. The minimum absolute atomic E-state index is 0.0628. The SMILES string of the molecule is Cc1cc(CN2CCN(CC(=O)N[C@H](c3ccccc3)c3cccs3)CC2)no1. The fraction of sp³-hybridized carbons (Fsp3) is 0.364. The number of hydrogen-bond acceptors (Lipinski definition) is 6. The number of nitrogens with one attached hydrogen (secondary N) is 1. The first-order chi connectivity index (χ1) is 14.2. The summed E-state index contributed by atoms with van der Waals surface area (Å²) in [5, 5.41) is 9.35. The average molecular weight is 411 g/mol. The Morgan fingerprint density at radius 3 is 2.55 bits per heavy atom. The van der Waals surface area contributed by atoms with Gasteiger partial charge in [-0.05, 0) is 23.9 Å². The second kappa shape index (κ2) is 9.35. The highest BCUT2D eigenvalue weighted by Crippen LogP contribution is 2.25. The summed E-state index contributed by atoms with van der Waals surface area (Å²) >= 11 is 1.67. The van der Waals surface area contributed by atoms with E-state index in [2.05, 4.69) is 38.5 Å². The van der Waals surface area contributed by atoms with E-state index in [0.29, 0.717) is 6.54 Å². The molecule has 0 saturated carbocycles. The highest BCUT2D eigenvalue weighted by molar-refractivity contribution is 7.10. The van der Waals surface area contributed by atoms with Crippen LogP contribution in [-0.2, 0) is 11.3 Å². The van der Waals surface area contributed by atoms with Crippen molar-refractivity contribution in [1.29, 1.82) is 0 Å². The summed E-state index contributed by atoms with van der Waals surface area (Å²) in [5.74, 6) is 0.904. The zero-order valence-electron chi connectivity index (χ0n) is 16.6. The summed E-state index contributed by atoms with van der Waals surface area (Å²) in [6.45, 7) is 6.72. The maximum Gasteiger partial charge on any atom is 0.234 e. The highest BCUT2D eigenvalue weighted by Gasteiger charge is 2.22. The molecule has 1 fully saturated rings. The Hall–Kier alpha value is -2.48. The first kappa shape index (κ1) is 19.8. The summed E-state index contributed by atoms with van der Waals surface area (Å²) in [6.07, 6.45) is 0. The molecule has 1 saturated heterocycles. The lowest BCUT2D eigenvalue weighted by molar-refractivity contribution is -0.123. The fourth-order valence-corrected chi connectivity index (χ4v) is 4.46. The lowest BCUT2D eigenvalue weighted by Crippen LogP contribution is -2.49. The molecule has 1 aliphatic heterocycles. The van der Waals surface area contributed by atoms with Crippen LogP contribution in [0.25, 0.3) is 0 Å². The van der Waals surface area contributed by atoms with Crippen molar-refractivity contribution in [3.63, 3.8) is 0 Å². The molecule has 1 aromatic carbocycles. The van der Waals surface area contributed by atoms with Crippen molar-refractivity contribution in [3.8, 4) is 0 Å². The van der Waals surface area contributed by atoms with Gasteiger partial charge < -0.3 is 9.84 Å². The van der Waals surface area contributed by atoms with E-state index in [1.807, 2.05) is 42.6 Å². The van der Waals surface area contributed by atoms with Crippen LogP contribution in [0.5, 0.6) is 0 Å². The summed E-state index contributed by atoms with van der Waals surface area (Å²) in [5.41, 5.74) is 2.08. The molecular weight excluding hydrogens is 384 g/mol. The predicted molar refractivity (Wildman–Crippen MR) is 114 cm³/mol. The third kappa shape index (κ3) is 5.32. The quantitative estimate of drug-likeness (QED) is 0.649. The molecule has 0 radical (unpaired) electrons. The molecule has 2 aromatic heterocycles.